The number of carbonyl (C=O) groups is 1. The fourth-order valence-electron chi connectivity index (χ4n) is 1.80. The zero-order chi connectivity index (χ0) is 15.7. The van der Waals surface area contributed by atoms with Crippen LogP contribution in [0.5, 0.6) is 0 Å². The lowest BCUT2D eigenvalue weighted by Gasteiger charge is -2.10. The normalized spacial score (nSPS) is 10.7. The number of rotatable bonds is 3. The van der Waals surface area contributed by atoms with Crippen LogP contribution < -0.4 is 5.43 Å². The van der Waals surface area contributed by atoms with E-state index < -0.39 is 40.2 Å². The van der Waals surface area contributed by atoms with Crippen molar-refractivity contribution in [3.05, 3.63) is 57.3 Å². The molecule has 8 heteroatoms. The fraction of sp³-hybridized carbons (Fsp3) is 0.154. The van der Waals surface area contributed by atoms with Gasteiger partial charge in [-0.1, -0.05) is 6.92 Å². The average Bonchev–Trinajstić information content (AvgIpc) is 2.38. The Morgan fingerprint density at radius 2 is 1.86 bits per heavy atom. The monoisotopic (exact) mass is 298 g/mol. The van der Waals surface area contributed by atoms with Crippen molar-refractivity contribution in [2.75, 3.05) is 0 Å². The molecular formula is C13H9F3N2O3. The van der Waals surface area contributed by atoms with Crippen LogP contribution in [0.4, 0.5) is 13.2 Å². The van der Waals surface area contributed by atoms with Crippen molar-refractivity contribution < 1.29 is 23.1 Å². The first-order valence-electron chi connectivity index (χ1n) is 5.86. The second kappa shape index (κ2) is 5.39. The maximum absolute atomic E-state index is 13.7. The number of aryl methyl sites for hydroxylation is 1. The molecule has 0 fully saturated rings. The predicted molar refractivity (Wildman–Crippen MR) is 66.0 cm³/mol. The number of hydrogen-bond acceptors (Lipinski definition) is 3. The SMILES string of the molecule is CCc1cn(-c2c(F)cc(F)cc2F)nc(C(=O)O)c1=O. The molecular weight excluding hydrogens is 289 g/mol. The summed E-state index contributed by atoms with van der Waals surface area (Å²) in [6.07, 6.45) is 1.17. The molecule has 1 heterocycles. The number of carboxylic acids is 1. The summed E-state index contributed by atoms with van der Waals surface area (Å²) < 4.78 is 40.9. The highest BCUT2D eigenvalue weighted by Crippen LogP contribution is 2.18. The molecule has 5 nitrogen and oxygen atoms in total. The van der Waals surface area contributed by atoms with Gasteiger partial charge in [-0.2, -0.15) is 5.10 Å². The van der Waals surface area contributed by atoms with Crippen molar-refractivity contribution in [3.63, 3.8) is 0 Å². The van der Waals surface area contributed by atoms with Crippen LogP contribution in [0.3, 0.4) is 0 Å². The number of benzene rings is 1. The quantitative estimate of drug-likeness (QED) is 0.939. The minimum atomic E-state index is -1.62. The Hall–Kier alpha value is -2.64. The average molecular weight is 298 g/mol. The highest BCUT2D eigenvalue weighted by Gasteiger charge is 2.19. The molecule has 110 valence electrons. The van der Waals surface area contributed by atoms with Gasteiger partial charge in [0.25, 0.3) is 0 Å². The van der Waals surface area contributed by atoms with Gasteiger partial charge in [-0.05, 0) is 6.42 Å². The van der Waals surface area contributed by atoms with Gasteiger partial charge in [-0.3, -0.25) is 4.79 Å². The molecule has 0 bridgehead atoms. The number of aromatic carboxylic acids is 1. The molecule has 0 aliphatic carbocycles. The Morgan fingerprint density at radius 1 is 1.29 bits per heavy atom. The molecule has 0 aliphatic rings. The van der Waals surface area contributed by atoms with Crippen LogP contribution in [0.1, 0.15) is 23.0 Å². The summed E-state index contributed by atoms with van der Waals surface area (Å²) in [4.78, 5) is 22.7. The van der Waals surface area contributed by atoms with Crippen LogP contribution in [0.15, 0.2) is 23.1 Å². The van der Waals surface area contributed by atoms with Crippen molar-refractivity contribution in [3.8, 4) is 5.69 Å². The lowest BCUT2D eigenvalue weighted by Crippen LogP contribution is -2.25. The van der Waals surface area contributed by atoms with E-state index in [1.165, 1.54) is 0 Å². The first-order chi connectivity index (χ1) is 9.85. The molecule has 0 spiro atoms. The summed E-state index contributed by atoms with van der Waals surface area (Å²) in [6, 6.07) is 0.870. The summed E-state index contributed by atoms with van der Waals surface area (Å²) in [5.41, 5.74) is -2.43. The van der Waals surface area contributed by atoms with E-state index in [1.54, 1.807) is 6.92 Å². The molecule has 1 aromatic carbocycles. The van der Waals surface area contributed by atoms with Crippen molar-refractivity contribution in [2.45, 2.75) is 13.3 Å². The molecule has 21 heavy (non-hydrogen) atoms. The summed E-state index contributed by atoms with van der Waals surface area (Å²) >= 11 is 0. The fourth-order valence-corrected chi connectivity index (χ4v) is 1.80. The first-order valence-corrected chi connectivity index (χ1v) is 5.86. The van der Waals surface area contributed by atoms with Crippen molar-refractivity contribution in [2.24, 2.45) is 0 Å². The Balaban J connectivity index is 2.79. The smallest absolute Gasteiger partial charge is 0.360 e. The predicted octanol–water partition coefficient (Wildman–Crippen LogP) is 1.91. The van der Waals surface area contributed by atoms with E-state index in [2.05, 4.69) is 5.10 Å². The number of halogens is 3. The maximum Gasteiger partial charge on any atom is 0.360 e. The van der Waals surface area contributed by atoms with E-state index in [0.717, 1.165) is 6.20 Å². The molecule has 2 rings (SSSR count). The largest absolute Gasteiger partial charge is 0.476 e. The van der Waals surface area contributed by atoms with Gasteiger partial charge < -0.3 is 5.11 Å². The number of aromatic nitrogens is 2. The minimum absolute atomic E-state index is 0.0190. The molecule has 0 aliphatic heterocycles. The lowest BCUT2D eigenvalue weighted by atomic mass is 10.2. The second-order valence-corrected chi connectivity index (χ2v) is 4.15. The van der Waals surface area contributed by atoms with Gasteiger partial charge in [0.15, 0.2) is 11.6 Å². The topological polar surface area (TPSA) is 72.2 Å². The van der Waals surface area contributed by atoms with Crippen LogP contribution >= 0.6 is 0 Å². The molecule has 1 aromatic heterocycles. The van der Waals surface area contributed by atoms with Gasteiger partial charge in [0.1, 0.15) is 11.5 Å². The van der Waals surface area contributed by atoms with Gasteiger partial charge in [-0.25, -0.2) is 22.6 Å². The van der Waals surface area contributed by atoms with E-state index in [1.807, 2.05) is 0 Å². The van der Waals surface area contributed by atoms with E-state index >= 15 is 0 Å². The summed E-state index contributed by atoms with van der Waals surface area (Å²) in [6.45, 7) is 1.57. The number of nitrogens with zero attached hydrogens (tertiary/aromatic N) is 2. The zero-order valence-corrected chi connectivity index (χ0v) is 10.7. The molecule has 2 aromatic rings. The lowest BCUT2D eigenvalue weighted by molar-refractivity contribution is 0.0686. The van der Waals surface area contributed by atoms with E-state index in [9.17, 15) is 22.8 Å². The van der Waals surface area contributed by atoms with Crippen LogP contribution in [0.25, 0.3) is 5.69 Å². The van der Waals surface area contributed by atoms with Crippen molar-refractivity contribution in [1.82, 2.24) is 9.78 Å². The summed E-state index contributed by atoms with van der Waals surface area (Å²) in [7, 11) is 0. The second-order valence-electron chi connectivity index (χ2n) is 4.15. The Bertz CT molecular complexity index is 764. The molecule has 0 atom stereocenters. The highest BCUT2D eigenvalue weighted by molar-refractivity contribution is 5.85. The number of carboxylic acid groups (broad SMARTS) is 1. The molecule has 0 unspecified atom stereocenters. The van der Waals surface area contributed by atoms with Gasteiger partial charge in [-0.15, -0.1) is 0 Å². The molecule has 0 saturated heterocycles. The minimum Gasteiger partial charge on any atom is -0.476 e. The Morgan fingerprint density at radius 3 is 2.33 bits per heavy atom. The van der Waals surface area contributed by atoms with Crippen molar-refractivity contribution in [1.29, 1.82) is 0 Å². The van der Waals surface area contributed by atoms with Gasteiger partial charge in [0.05, 0.1) is 0 Å². The van der Waals surface area contributed by atoms with Crippen molar-refractivity contribution >= 4 is 5.97 Å². The van der Waals surface area contributed by atoms with Gasteiger partial charge >= 0.3 is 5.97 Å². The number of hydrogen-bond donors (Lipinski definition) is 1. The maximum atomic E-state index is 13.7. The Labute approximate surface area is 116 Å². The molecule has 0 radical (unpaired) electrons. The zero-order valence-electron chi connectivity index (χ0n) is 10.7. The summed E-state index contributed by atoms with van der Waals surface area (Å²) in [5.74, 6) is -5.26. The first kappa shape index (κ1) is 14.8. The third-order valence-electron chi connectivity index (χ3n) is 2.79. The molecule has 0 saturated carbocycles. The van der Waals surface area contributed by atoms with Crippen LogP contribution in [0, 0.1) is 17.5 Å². The van der Waals surface area contributed by atoms with E-state index in [-0.39, 0.29) is 12.0 Å². The summed E-state index contributed by atoms with van der Waals surface area (Å²) in [5, 5.41) is 12.3. The molecule has 0 amide bonds. The Kier molecular flexibility index (Phi) is 3.79. The van der Waals surface area contributed by atoms with Gasteiger partial charge in [0, 0.05) is 23.9 Å². The molecule has 1 N–H and O–H groups in total. The van der Waals surface area contributed by atoms with Gasteiger partial charge in [0.2, 0.25) is 11.1 Å². The van der Waals surface area contributed by atoms with Crippen LogP contribution in [-0.4, -0.2) is 20.9 Å². The van der Waals surface area contributed by atoms with E-state index in [0.29, 0.717) is 16.8 Å². The third kappa shape index (κ3) is 2.64. The van der Waals surface area contributed by atoms with Crippen LogP contribution in [0.2, 0.25) is 0 Å². The third-order valence-corrected chi connectivity index (χ3v) is 2.79. The highest BCUT2D eigenvalue weighted by atomic mass is 19.1. The standard InChI is InChI=1S/C13H9F3N2O3/c1-2-6-5-18(17-10(12(6)19)13(20)21)11-8(15)3-7(14)4-9(11)16/h3-5H,2H2,1H3,(H,20,21). The van der Waals surface area contributed by atoms with Crippen LogP contribution in [-0.2, 0) is 6.42 Å². The van der Waals surface area contributed by atoms with E-state index in [4.69, 9.17) is 5.11 Å².